The molecular weight excluding hydrogens is 364 g/mol. The van der Waals surface area contributed by atoms with E-state index in [4.69, 9.17) is 4.74 Å². The minimum atomic E-state index is -0.162. The first kappa shape index (κ1) is 18.8. The molecule has 3 aromatic heterocycles. The summed E-state index contributed by atoms with van der Waals surface area (Å²) in [6.45, 7) is 5.92. The summed E-state index contributed by atoms with van der Waals surface area (Å²) < 4.78 is 9.62. The molecule has 3 heterocycles. The van der Waals surface area contributed by atoms with Crippen LogP contribution in [0.15, 0.2) is 60.9 Å². The number of fused-ring (bicyclic) bond motifs is 1. The number of nitrogens with one attached hydrogen (secondary N) is 1. The van der Waals surface area contributed by atoms with Gasteiger partial charge in [-0.25, -0.2) is 4.98 Å². The summed E-state index contributed by atoms with van der Waals surface area (Å²) in [6.07, 6.45) is 4.03. The third-order valence-corrected chi connectivity index (χ3v) is 4.78. The van der Waals surface area contributed by atoms with Gasteiger partial charge in [0.15, 0.2) is 0 Å². The highest BCUT2D eigenvalue weighted by atomic mass is 16.5. The van der Waals surface area contributed by atoms with Crippen molar-refractivity contribution in [1.29, 1.82) is 0 Å². The van der Waals surface area contributed by atoms with Gasteiger partial charge in [-0.3, -0.25) is 4.79 Å². The Bertz CT molecular complexity index is 1150. The minimum absolute atomic E-state index is 0.108. The average Bonchev–Trinajstić information content (AvgIpc) is 3.23. The Morgan fingerprint density at radius 2 is 1.90 bits per heavy atom. The van der Waals surface area contributed by atoms with E-state index >= 15 is 0 Å². The maximum Gasteiger partial charge on any atom is 0.257 e. The van der Waals surface area contributed by atoms with E-state index < -0.39 is 0 Å². The monoisotopic (exact) mass is 388 g/mol. The SMILES string of the molecule is Cc1nc(-c2cc(C(=O)Nc3ccc(OC(C)C)cc3)c3ccccn23)cn1C. The normalized spacial score (nSPS) is 11.2. The second-order valence-corrected chi connectivity index (χ2v) is 7.33. The summed E-state index contributed by atoms with van der Waals surface area (Å²) in [5, 5.41) is 2.98. The van der Waals surface area contributed by atoms with E-state index in [1.165, 1.54) is 0 Å². The molecule has 6 nitrogen and oxygen atoms in total. The van der Waals surface area contributed by atoms with Gasteiger partial charge in [0, 0.05) is 25.1 Å². The van der Waals surface area contributed by atoms with Crippen LogP contribution in [-0.2, 0) is 7.05 Å². The molecule has 29 heavy (non-hydrogen) atoms. The largest absolute Gasteiger partial charge is 0.491 e. The quantitative estimate of drug-likeness (QED) is 0.540. The zero-order valence-electron chi connectivity index (χ0n) is 17.0. The molecule has 0 spiro atoms. The van der Waals surface area contributed by atoms with E-state index in [9.17, 15) is 4.79 Å². The van der Waals surface area contributed by atoms with Crippen LogP contribution in [0.5, 0.6) is 5.75 Å². The Balaban J connectivity index is 1.66. The van der Waals surface area contributed by atoms with Crippen molar-refractivity contribution < 1.29 is 9.53 Å². The van der Waals surface area contributed by atoms with Crippen LogP contribution in [0.3, 0.4) is 0 Å². The van der Waals surface area contributed by atoms with Crippen LogP contribution >= 0.6 is 0 Å². The molecule has 0 saturated carbocycles. The van der Waals surface area contributed by atoms with Gasteiger partial charge in [-0.2, -0.15) is 0 Å². The zero-order chi connectivity index (χ0) is 20.5. The van der Waals surface area contributed by atoms with Crippen molar-refractivity contribution in [3.8, 4) is 17.1 Å². The molecule has 148 valence electrons. The smallest absolute Gasteiger partial charge is 0.257 e. The maximum absolute atomic E-state index is 13.0. The minimum Gasteiger partial charge on any atom is -0.491 e. The molecule has 0 radical (unpaired) electrons. The maximum atomic E-state index is 13.0. The highest BCUT2D eigenvalue weighted by Gasteiger charge is 2.18. The third kappa shape index (κ3) is 3.74. The van der Waals surface area contributed by atoms with Gasteiger partial charge in [-0.15, -0.1) is 0 Å². The fourth-order valence-corrected chi connectivity index (χ4v) is 3.30. The first-order chi connectivity index (χ1) is 13.9. The molecule has 4 aromatic rings. The number of benzene rings is 1. The molecular formula is C23H24N4O2. The number of anilines is 1. The van der Waals surface area contributed by atoms with Crippen LogP contribution in [0.25, 0.3) is 16.9 Å². The van der Waals surface area contributed by atoms with Gasteiger partial charge in [-0.1, -0.05) is 6.07 Å². The number of rotatable bonds is 5. The van der Waals surface area contributed by atoms with Crippen LogP contribution in [0, 0.1) is 6.92 Å². The predicted octanol–water partition coefficient (Wildman–Crippen LogP) is 4.69. The van der Waals surface area contributed by atoms with Gasteiger partial charge < -0.3 is 19.0 Å². The number of carbonyl (C=O) groups is 1. The number of aryl methyl sites for hydroxylation is 2. The lowest BCUT2D eigenvalue weighted by Crippen LogP contribution is -2.11. The Labute approximate surface area is 169 Å². The molecule has 0 unspecified atom stereocenters. The van der Waals surface area contributed by atoms with Crippen molar-refractivity contribution in [2.45, 2.75) is 26.9 Å². The topological polar surface area (TPSA) is 60.6 Å². The number of pyridine rings is 1. The van der Waals surface area contributed by atoms with Gasteiger partial charge >= 0.3 is 0 Å². The Hall–Kier alpha value is -3.54. The number of hydrogen-bond acceptors (Lipinski definition) is 3. The average molecular weight is 388 g/mol. The summed E-state index contributed by atoms with van der Waals surface area (Å²) in [5.74, 6) is 1.53. The molecule has 4 rings (SSSR count). The lowest BCUT2D eigenvalue weighted by Gasteiger charge is -2.10. The first-order valence-corrected chi connectivity index (χ1v) is 9.61. The van der Waals surface area contributed by atoms with Gasteiger partial charge in [0.05, 0.1) is 22.9 Å². The second-order valence-electron chi connectivity index (χ2n) is 7.33. The number of ether oxygens (including phenoxy) is 1. The molecule has 0 fully saturated rings. The lowest BCUT2D eigenvalue weighted by atomic mass is 10.2. The molecule has 0 aliphatic carbocycles. The van der Waals surface area contributed by atoms with E-state index in [1.807, 2.05) is 97.7 Å². The fraction of sp³-hybridized carbons (Fsp3) is 0.217. The van der Waals surface area contributed by atoms with Crippen LogP contribution in [0.4, 0.5) is 5.69 Å². The van der Waals surface area contributed by atoms with E-state index in [1.54, 1.807) is 0 Å². The third-order valence-electron chi connectivity index (χ3n) is 4.78. The van der Waals surface area contributed by atoms with Crippen molar-refractivity contribution in [2.75, 3.05) is 5.32 Å². The van der Waals surface area contributed by atoms with E-state index in [0.29, 0.717) is 5.56 Å². The summed E-state index contributed by atoms with van der Waals surface area (Å²) >= 11 is 0. The van der Waals surface area contributed by atoms with E-state index in [-0.39, 0.29) is 12.0 Å². The van der Waals surface area contributed by atoms with Crippen LogP contribution < -0.4 is 10.1 Å². The number of carbonyl (C=O) groups excluding carboxylic acids is 1. The van der Waals surface area contributed by atoms with Crippen molar-refractivity contribution in [3.63, 3.8) is 0 Å². The Kier molecular flexibility index (Phi) is 4.84. The number of nitrogens with zero attached hydrogens (tertiary/aromatic N) is 3. The number of amides is 1. The molecule has 6 heteroatoms. The summed E-state index contributed by atoms with van der Waals surface area (Å²) in [6, 6.07) is 15.1. The Morgan fingerprint density at radius 1 is 1.14 bits per heavy atom. The van der Waals surface area contributed by atoms with Gasteiger partial charge in [0.2, 0.25) is 0 Å². The number of imidazole rings is 1. The molecule has 1 N–H and O–H groups in total. The molecule has 0 atom stereocenters. The van der Waals surface area contributed by atoms with Crippen molar-refractivity contribution in [3.05, 3.63) is 72.3 Å². The van der Waals surface area contributed by atoms with Crippen LogP contribution in [0.2, 0.25) is 0 Å². The standard InChI is InChI=1S/C23H24N4O2/c1-15(2)29-18-10-8-17(9-11-18)25-23(28)19-13-22(20-14-26(4)16(3)24-20)27-12-6-5-7-21(19)27/h5-15H,1-4H3,(H,25,28). The number of aromatic nitrogens is 3. The van der Waals surface area contributed by atoms with Gasteiger partial charge in [0.1, 0.15) is 17.3 Å². The lowest BCUT2D eigenvalue weighted by molar-refractivity contribution is 0.102. The molecule has 1 aromatic carbocycles. The first-order valence-electron chi connectivity index (χ1n) is 9.61. The van der Waals surface area contributed by atoms with Crippen LogP contribution in [0.1, 0.15) is 30.0 Å². The van der Waals surface area contributed by atoms with E-state index in [2.05, 4.69) is 10.3 Å². The number of hydrogen-bond donors (Lipinski definition) is 1. The molecule has 0 aliphatic heterocycles. The highest BCUT2D eigenvalue weighted by molar-refractivity contribution is 6.10. The summed E-state index contributed by atoms with van der Waals surface area (Å²) in [4.78, 5) is 17.6. The molecule has 0 aliphatic rings. The van der Waals surface area contributed by atoms with Gasteiger partial charge in [0.25, 0.3) is 5.91 Å². The Morgan fingerprint density at radius 3 is 2.55 bits per heavy atom. The zero-order valence-corrected chi connectivity index (χ0v) is 17.0. The highest BCUT2D eigenvalue weighted by Crippen LogP contribution is 2.27. The molecule has 1 amide bonds. The van der Waals surface area contributed by atoms with Crippen LogP contribution in [-0.4, -0.2) is 26.0 Å². The van der Waals surface area contributed by atoms with Crippen molar-refractivity contribution in [2.24, 2.45) is 7.05 Å². The second kappa shape index (κ2) is 7.47. The molecule has 0 bridgehead atoms. The predicted molar refractivity (Wildman–Crippen MR) is 114 cm³/mol. The fourth-order valence-electron chi connectivity index (χ4n) is 3.30. The van der Waals surface area contributed by atoms with Crippen molar-refractivity contribution >= 4 is 17.1 Å². The summed E-state index contributed by atoms with van der Waals surface area (Å²) in [5.41, 5.74) is 3.88. The molecule has 0 saturated heterocycles. The van der Waals surface area contributed by atoms with Gasteiger partial charge in [-0.05, 0) is 63.2 Å². The van der Waals surface area contributed by atoms with E-state index in [0.717, 1.165) is 34.2 Å². The summed E-state index contributed by atoms with van der Waals surface area (Å²) in [7, 11) is 1.96. The van der Waals surface area contributed by atoms with Crippen molar-refractivity contribution in [1.82, 2.24) is 14.0 Å².